The first kappa shape index (κ1) is 28.2. The standard InChI is InChI=1S/C29H33BrN6O4S/c1-3-16(2)21(14-37)36-25(27(39)31-15-35-20-12-8-7-11-19(20)33-34-35)29-13-18(30)24(41-29)22(23(29)28(36)40)26(38)32-17-9-5-4-6-10-17/h4-12,16,18,21-25,37H,3,13-15H2,1-2H3,(H,31,39)(H,32,38)/t16-,18?,21-,22-,23-,24-,25?,29?/m0/s1. The monoisotopic (exact) mass is 640 g/mol. The summed E-state index contributed by atoms with van der Waals surface area (Å²) < 4.78 is 0.800. The molecular formula is C29H33BrN6O4S. The molecule has 3 amide bonds. The zero-order chi connectivity index (χ0) is 28.9. The Bertz CT molecular complexity index is 1470. The second-order valence-electron chi connectivity index (χ2n) is 11.2. The molecule has 2 bridgehead atoms. The number of aliphatic hydroxyl groups is 1. The van der Waals surface area contributed by atoms with Gasteiger partial charge < -0.3 is 20.6 Å². The molecule has 3 saturated heterocycles. The molecule has 0 saturated carbocycles. The number of hydrogen-bond acceptors (Lipinski definition) is 7. The number of aromatic nitrogens is 3. The van der Waals surface area contributed by atoms with Gasteiger partial charge in [0.05, 0.1) is 34.7 Å². The Kier molecular flexibility index (Phi) is 7.58. The topological polar surface area (TPSA) is 129 Å². The molecule has 3 unspecified atom stereocenters. The highest BCUT2D eigenvalue weighted by Crippen LogP contribution is 2.68. The van der Waals surface area contributed by atoms with E-state index in [4.69, 9.17) is 0 Å². The maximum atomic E-state index is 14.4. The molecule has 10 nitrogen and oxygen atoms in total. The van der Waals surface area contributed by atoms with Crippen LogP contribution in [-0.4, -0.2) is 76.2 Å². The molecule has 216 valence electrons. The molecule has 4 heterocycles. The van der Waals surface area contributed by atoms with Gasteiger partial charge in [0.25, 0.3) is 0 Å². The number of aliphatic hydroxyl groups excluding tert-OH is 1. The van der Waals surface area contributed by atoms with Crippen LogP contribution in [0.5, 0.6) is 0 Å². The van der Waals surface area contributed by atoms with Crippen LogP contribution in [0.4, 0.5) is 5.69 Å². The third kappa shape index (κ3) is 4.54. The number of carbonyl (C=O) groups excluding carboxylic acids is 3. The molecule has 2 aromatic carbocycles. The van der Waals surface area contributed by atoms with E-state index in [9.17, 15) is 19.5 Å². The summed E-state index contributed by atoms with van der Waals surface area (Å²) in [5.41, 5.74) is 2.16. The van der Waals surface area contributed by atoms with Gasteiger partial charge in [0.15, 0.2) is 0 Å². The van der Waals surface area contributed by atoms with Gasteiger partial charge in [-0.1, -0.05) is 71.7 Å². The summed E-state index contributed by atoms with van der Waals surface area (Å²) in [6.45, 7) is 3.79. The van der Waals surface area contributed by atoms with E-state index in [-0.39, 0.29) is 47.0 Å². The second kappa shape index (κ2) is 11.0. The normalized spacial score (nSPS) is 29.9. The van der Waals surface area contributed by atoms with E-state index >= 15 is 0 Å². The Hall–Kier alpha value is -2.96. The Morgan fingerprint density at radius 1 is 1.17 bits per heavy atom. The molecule has 3 fully saturated rings. The van der Waals surface area contributed by atoms with Crippen molar-refractivity contribution in [3.05, 3.63) is 54.6 Å². The molecule has 41 heavy (non-hydrogen) atoms. The van der Waals surface area contributed by atoms with Crippen molar-refractivity contribution in [2.24, 2.45) is 17.8 Å². The van der Waals surface area contributed by atoms with Gasteiger partial charge in [-0.05, 0) is 36.6 Å². The molecule has 0 radical (unpaired) electrons. The molecule has 3 aliphatic rings. The van der Waals surface area contributed by atoms with Crippen LogP contribution in [-0.2, 0) is 21.1 Å². The molecule has 12 heteroatoms. The number of amides is 3. The summed E-state index contributed by atoms with van der Waals surface area (Å²) in [4.78, 5) is 43.9. The number of nitrogens with one attached hydrogen (secondary N) is 2. The number of anilines is 1. The lowest BCUT2D eigenvalue weighted by atomic mass is 9.70. The third-order valence-electron chi connectivity index (χ3n) is 8.99. The average Bonchev–Trinajstić information content (AvgIpc) is 3.70. The van der Waals surface area contributed by atoms with Crippen LogP contribution in [0.25, 0.3) is 11.0 Å². The first-order valence-corrected chi connectivity index (χ1v) is 15.8. The Balaban J connectivity index is 1.35. The van der Waals surface area contributed by atoms with E-state index in [0.29, 0.717) is 12.1 Å². The van der Waals surface area contributed by atoms with Crippen LogP contribution >= 0.6 is 27.7 Å². The number of fused-ring (bicyclic) bond motifs is 2. The van der Waals surface area contributed by atoms with Gasteiger partial charge in [0, 0.05) is 15.8 Å². The van der Waals surface area contributed by atoms with Crippen LogP contribution < -0.4 is 10.6 Å². The highest BCUT2D eigenvalue weighted by Gasteiger charge is 2.76. The van der Waals surface area contributed by atoms with Crippen LogP contribution in [0.2, 0.25) is 0 Å². The predicted molar refractivity (Wildman–Crippen MR) is 160 cm³/mol. The fourth-order valence-electron chi connectivity index (χ4n) is 6.87. The molecular weight excluding hydrogens is 608 g/mol. The fraction of sp³-hybridized carbons (Fsp3) is 0.483. The number of likely N-dealkylation sites (tertiary alicyclic amines) is 1. The maximum Gasteiger partial charge on any atom is 0.245 e. The molecule has 3 aliphatic heterocycles. The number of benzene rings is 2. The molecule has 6 rings (SSSR count). The van der Waals surface area contributed by atoms with Gasteiger partial charge in [0.2, 0.25) is 17.7 Å². The van der Waals surface area contributed by atoms with Gasteiger partial charge in [0.1, 0.15) is 18.2 Å². The van der Waals surface area contributed by atoms with E-state index in [1.807, 2.05) is 68.4 Å². The summed E-state index contributed by atoms with van der Waals surface area (Å²) in [5, 5.41) is 24.7. The maximum absolute atomic E-state index is 14.4. The van der Waals surface area contributed by atoms with E-state index in [2.05, 4.69) is 36.9 Å². The molecule has 0 aliphatic carbocycles. The van der Waals surface area contributed by atoms with Gasteiger partial charge in [-0.25, -0.2) is 4.68 Å². The first-order valence-electron chi connectivity index (χ1n) is 14.0. The van der Waals surface area contributed by atoms with Crippen molar-refractivity contribution in [2.75, 3.05) is 11.9 Å². The quantitative estimate of drug-likeness (QED) is 0.307. The van der Waals surface area contributed by atoms with Crippen LogP contribution in [0, 0.1) is 17.8 Å². The lowest BCUT2D eigenvalue weighted by Crippen LogP contribution is -2.58. The van der Waals surface area contributed by atoms with Gasteiger partial charge in [-0.15, -0.1) is 16.9 Å². The average molecular weight is 642 g/mol. The highest BCUT2D eigenvalue weighted by molar-refractivity contribution is 9.09. The zero-order valence-electron chi connectivity index (χ0n) is 22.8. The van der Waals surface area contributed by atoms with E-state index in [0.717, 1.165) is 17.5 Å². The fourth-order valence-corrected chi connectivity index (χ4v) is 10.5. The number of nitrogens with zero attached hydrogens (tertiary/aromatic N) is 4. The molecule has 3 aromatic rings. The Morgan fingerprint density at radius 3 is 2.63 bits per heavy atom. The smallest absolute Gasteiger partial charge is 0.245 e. The van der Waals surface area contributed by atoms with Gasteiger partial charge >= 0.3 is 0 Å². The van der Waals surface area contributed by atoms with Crippen LogP contribution in [0.15, 0.2) is 54.6 Å². The van der Waals surface area contributed by atoms with Crippen LogP contribution in [0.3, 0.4) is 0 Å². The number of carbonyl (C=O) groups is 3. The van der Waals surface area contributed by atoms with Crippen molar-refractivity contribution in [3.63, 3.8) is 0 Å². The van der Waals surface area contributed by atoms with Gasteiger partial charge in [-0.3, -0.25) is 14.4 Å². The number of thioether (sulfide) groups is 1. The minimum atomic E-state index is -0.856. The molecule has 1 aromatic heterocycles. The minimum Gasteiger partial charge on any atom is -0.394 e. The number of rotatable bonds is 9. The second-order valence-corrected chi connectivity index (χ2v) is 13.9. The van der Waals surface area contributed by atoms with Gasteiger partial charge in [-0.2, -0.15) is 0 Å². The molecule has 3 N–H and O–H groups in total. The van der Waals surface area contributed by atoms with E-state index in [1.54, 1.807) is 21.3 Å². The predicted octanol–water partition coefficient (Wildman–Crippen LogP) is 3.02. The van der Waals surface area contributed by atoms with Crippen molar-refractivity contribution < 1.29 is 19.5 Å². The van der Waals surface area contributed by atoms with Crippen molar-refractivity contribution in [3.8, 4) is 0 Å². The van der Waals surface area contributed by atoms with Crippen molar-refractivity contribution in [2.45, 2.75) is 60.3 Å². The minimum absolute atomic E-state index is 0.0474. The Labute approximate surface area is 250 Å². The first-order chi connectivity index (χ1) is 19.8. The summed E-state index contributed by atoms with van der Waals surface area (Å²) in [6, 6.07) is 15.3. The number of alkyl halides is 1. The van der Waals surface area contributed by atoms with Crippen molar-refractivity contribution in [1.29, 1.82) is 0 Å². The number of hydrogen-bond donors (Lipinski definition) is 3. The SMILES string of the molecule is CC[C@H](C)[C@H](CO)N1C(=O)[C@@H]2[C@H](C(=O)Nc3ccccc3)[C@H]3SC2(CC3Br)C1C(=O)NCn1nnc2ccccc21. The van der Waals surface area contributed by atoms with E-state index in [1.165, 1.54) is 0 Å². The van der Waals surface area contributed by atoms with Crippen molar-refractivity contribution >= 4 is 62.1 Å². The molecule has 8 atom stereocenters. The summed E-state index contributed by atoms with van der Waals surface area (Å²) >= 11 is 5.37. The van der Waals surface area contributed by atoms with Crippen LogP contribution in [0.1, 0.15) is 26.7 Å². The van der Waals surface area contributed by atoms with Crippen molar-refractivity contribution in [1.82, 2.24) is 25.2 Å². The summed E-state index contributed by atoms with van der Waals surface area (Å²) in [7, 11) is 0. The summed E-state index contributed by atoms with van der Waals surface area (Å²) in [5.74, 6) is -2.14. The number of para-hydroxylation sites is 2. The largest absolute Gasteiger partial charge is 0.394 e. The lowest BCUT2D eigenvalue weighted by Gasteiger charge is -2.39. The zero-order valence-corrected chi connectivity index (χ0v) is 25.2. The third-order valence-corrected chi connectivity index (χ3v) is 12.2. The summed E-state index contributed by atoms with van der Waals surface area (Å²) in [6.07, 6.45) is 1.29. The molecule has 1 spiro atoms. The van der Waals surface area contributed by atoms with E-state index < -0.39 is 28.7 Å². The highest BCUT2D eigenvalue weighted by atomic mass is 79.9. The number of halogens is 1. The Morgan fingerprint density at radius 2 is 1.90 bits per heavy atom. The lowest BCUT2D eigenvalue weighted by molar-refractivity contribution is -0.143.